The Morgan fingerprint density at radius 3 is 1.76 bits per heavy atom. The molecule has 3 heterocycles. The maximum Gasteiger partial charge on any atom is 0.407 e. The van der Waals surface area contributed by atoms with Crippen molar-refractivity contribution in [2.75, 3.05) is 120 Å². The SMILES string of the molecule is O=C(O)CC[C@H](NC(=O)N[C@@H](CCCCNC(=O)CCCCCCCNc1nc(Nc2ccc(CC3CN(C(=O)O)CCN(CC(=O)O)CCN(CC(=O)O)CCN3CC(=O)O)cc2)nc(N2CCNCC2)n1)C(=O)O)C(=O)O. The van der Waals surface area contributed by atoms with Gasteiger partial charge in [-0.15, -0.1) is 0 Å². The molecule has 2 aromatic rings. The number of carbonyl (C=O) groups excluding carboxylic acids is 2. The quantitative estimate of drug-likeness (QED) is 0.0435. The fourth-order valence-electron chi connectivity index (χ4n) is 8.83. The Labute approximate surface area is 456 Å². The highest BCUT2D eigenvalue weighted by atomic mass is 16.4. The predicted octanol–water partition coefficient (Wildman–Crippen LogP) is 0.199. The topological polar surface area (TPSA) is 422 Å². The number of urea groups is 1. The van der Waals surface area contributed by atoms with Gasteiger partial charge in [-0.25, -0.2) is 19.2 Å². The van der Waals surface area contributed by atoms with Gasteiger partial charge in [0.2, 0.25) is 23.8 Å². The normalized spacial score (nSPS) is 16.7. The third-order valence-corrected chi connectivity index (χ3v) is 13.1. The van der Waals surface area contributed by atoms with Crippen molar-refractivity contribution < 1.29 is 78.9 Å². The molecule has 30 nitrogen and oxygen atoms in total. The van der Waals surface area contributed by atoms with E-state index in [9.17, 15) is 73.8 Å². The minimum Gasteiger partial charge on any atom is -0.481 e. The Hall–Kier alpha value is -7.70. The Balaban J connectivity index is 1.27. The van der Waals surface area contributed by atoms with E-state index in [1.54, 1.807) is 26.8 Å². The van der Waals surface area contributed by atoms with Crippen LogP contribution in [-0.4, -0.2) is 247 Å². The Morgan fingerprint density at radius 2 is 1.15 bits per heavy atom. The van der Waals surface area contributed by atoms with Crippen LogP contribution in [0.2, 0.25) is 0 Å². The fraction of sp³-hybridized carbons (Fsp3) is 0.633. The molecule has 1 aromatic heterocycles. The van der Waals surface area contributed by atoms with Gasteiger partial charge >= 0.3 is 47.9 Å². The molecule has 2 aliphatic rings. The number of carboxylic acids is 6. The van der Waals surface area contributed by atoms with Crippen molar-refractivity contribution in [2.45, 2.75) is 95.2 Å². The number of hydrogen-bond acceptors (Lipinski definition) is 19. The molecule has 4 rings (SSSR count). The second-order valence-electron chi connectivity index (χ2n) is 19.3. The zero-order chi connectivity index (χ0) is 57.7. The number of nitrogens with one attached hydrogen (secondary N) is 6. The van der Waals surface area contributed by atoms with Crippen molar-refractivity contribution in [1.82, 2.24) is 55.8 Å². The van der Waals surface area contributed by atoms with E-state index in [1.165, 1.54) is 0 Å². The molecule has 1 unspecified atom stereocenters. The summed E-state index contributed by atoms with van der Waals surface area (Å²) in [7, 11) is 0. The van der Waals surface area contributed by atoms with E-state index in [4.69, 9.17) is 15.1 Å². The summed E-state index contributed by atoms with van der Waals surface area (Å²) in [6.07, 6.45) is 3.22. The molecule has 1 aromatic carbocycles. The van der Waals surface area contributed by atoms with Gasteiger partial charge in [0.25, 0.3) is 0 Å². The lowest BCUT2D eigenvalue weighted by Gasteiger charge is -2.37. The molecule has 0 bridgehead atoms. The number of benzene rings is 1. The van der Waals surface area contributed by atoms with Gasteiger partial charge in [-0.1, -0.05) is 31.4 Å². The molecule has 0 spiro atoms. The van der Waals surface area contributed by atoms with Crippen molar-refractivity contribution in [3.8, 4) is 0 Å². The van der Waals surface area contributed by atoms with Crippen LogP contribution in [0.4, 0.5) is 33.1 Å². The summed E-state index contributed by atoms with van der Waals surface area (Å²) in [5, 5.41) is 83.8. The summed E-state index contributed by atoms with van der Waals surface area (Å²) >= 11 is 0. The summed E-state index contributed by atoms with van der Waals surface area (Å²) < 4.78 is 0. The standard InChI is InChI=1S/C49H76N14O16/c64-38(51-16-7-5-8-36(43(73)74)54-48(77)55-37(44(75)76)14-15-39(65)66)9-4-2-1-3-6-17-52-45-56-46(58-47(57-45)61-20-18-50-19-21-61)53-34-12-10-33(11-13-34)28-35-29-63(49(78)79)27-25-60(31-41(69)70)23-22-59(30-40(67)68)24-26-62(35)32-42(71)72/h10-13,35-37,50H,1-9,14-32H2,(H,51,64)(H,65,66)(H,67,68)(H,69,70)(H,71,72)(H,73,74)(H,75,76)(H,78,79)(H2,54,55,77)(H2,52,53,56,57,58)/t35?,36-,37-/m0/s1. The second kappa shape index (κ2) is 34.2. The van der Waals surface area contributed by atoms with Crippen LogP contribution in [0.3, 0.4) is 0 Å². The summed E-state index contributed by atoms with van der Waals surface area (Å²) in [4.78, 5) is 129. The number of amides is 4. The van der Waals surface area contributed by atoms with Crippen molar-refractivity contribution in [1.29, 1.82) is 0 Å². The molecule has 0 radical (unpaired) electrons. The van der Waals surface area contributed by atoms with E-state index in [-0.39, 0.29) is 90.0 Å². The summed E-state index contributed by atoms with van der Waals surface area (Å²) in [6, 6.07) is 2.71. The highest BCUT2D eigenvalue weighted by Gasteiger charge is 2.29. The molecule has 2 saturated heterocycles. The van der Waals surface area contributed by atoms with Crippen molar-refractivity contribution in [3.05, 3.63) is 29.8 Å². The number of anilines is 4. The molecule has 438 valence electrons. The van der Waals surface area contributed by atoms with E-state index >= 15 is 0 Å². The maximum absolute atomic E-state index is 12.5. The molecule has 0 saturated carbocycles. The number of aromatic nitrogens is 3. The number of nitrogens with zero attached hydrogens (tertiary/aromatic N) is 8. The number of carboxylic acid groups (broad SMARTS) is 7. The van der Waals surface area contributed by atoms with Crippen LogP contribution >= 0.6 is 0 Å². The van der Waals surface area contributed by atoms with Gasteiger partial charge in [0.05, 0.1) is 19.6 Å². The Kier molecular flexibility index (Phi) is 27.7. The van der Waals surface area contributed by atoms with Crippen molar-refractivity contribution in [2.24, 2.45) is 0 Å². The number of piperazine rings is 1. The lowest BCUT2D eigenvalue weighted by Crippen LogP contribution is -2.53. The third-order valence-electron chi connectivity index (χ3n) is 13.1. The number of hydrogen-bond donors (Lipinski definition) is 13. The minimum atomic E-state index is -1.51. The third kappa shape index (κ3) is 25.5. The van der Waals surface area contributed by atoms with Crippen LogP contribution in [0, 0.1) is 0 Å². The number of unbranched alkanes of at least 4 members (excludes halogenated alkanes) is 5. The molecular formula is C49H76N14O16. The van der Waals surface area contributed by atoms with Crippen LogP contribution in [0.15, 0.2) is 24.3 Å². The number of carbonyl (C=O) groups is 9. The highest BCUT2D eigenvalue weighted by Crippen LogP contribution is 2.21. The summed E-state index contributed by atoms with van der Waals surface area (Å²) in [6.45, 7) is 3.03. The molecule has 0 aliphatic carbocycles. The molecule has 4 amide bonds. The van der Waals surface area contributed by atoms with Gasteiger partial charge in [-0.05, 0) is 62.6 Å². The monoisotopic (exact) mass is 1120 g/mol. The van der Waals surface area contributed by atoms with Crippen LogP contribution in [0.25, 0.3) is 0 Å². The minimum absolute atomic E-state index is 0.0179. The van der Waals surface area contributed by atoms with Crippen molar-refractivity contribution in [3.63, 3.8) is 0 Å². The summed E-state index contributed by atoms with van der Waals surface area (Å²) in [5.74, 6) is -6.38. The fourth-order valence-corrected chi connectivity index (χ4v) is 8.83. The largest absolute Gasteiger partial charge is 0.481 e. The zero-order valence-corrected chi connectivity index (χ0v) is 44.2. The van der Waals surface area contributed by atoms with Crippen LogP contribution in [0.5, 0.6) is 0 Å². The second-order valence-corrected chi connectivity index (χ2v) is 19.3. The molecule has 3 atom stereocenters. The van der Waals surface area contributed by atoms with Gasteiger partial charge in [0.15, 0.2) is 0 Å². The molecule has 30 heteroatoms. The van der Waals surface area contributed by atoms with E-state index in [0.717, 1.165) is 49.2 Å². The molecule has 2 fully saturated rings. The van der Waals surface area contributed by atoms with Gasteiger partial charge in [0, 0.05) is 110 Å². The zero-order valence-electron chi connectivity index (χ0n) is 44.2. The molecule has 2 aliphatic heterocycles. The molecule has 13 N–H and O–H groups in total. The average Bonchev–Trinajstić information content (AvgIpc) is 3.38. The average molecular weight is 1120 g/mol. The first-order valence-electron chi connectivity index (χ1n) is 26.4. The van der Waals surface area contributed by atoms with Gasteiger partial charge < -0.3 is 77.4 Å². The maximum atomic E-state index is 12.5. The van der Waals surface area contributed by atoms with E-state index < -0.39 is 79.0 Å². The first-order chi connectivity index (χ1) is 37.7. The lowest BCUT2D eigenvalue weighted by atomic mass is 10.0. The summed E-state index contributed by atoms with van der Waals surface area (Å²) in [5.41, 5.74) is 1.39. The Morgan fingerprint density at radius 1 is 0.582 bits per heavy atom. The number of rotatable bonds is 32. The van der Waals surface area contributed by atoms with Crippen LogP contribution in [0.1, 0.15) is 76.2 Å². The highest BCUT2D eigenvalue weighted by molar-refractivity contribution is 5.86. The Bertz CT molecular complexity index is 2330. The molecule has 79 heavy (non-hydrogen) atoms. The van der Waals surface area contributed by atoms with Gasteiger partial charge in [0.1, 0.15) is 12.1 Å². The van der Waals surface area contributed by atoms with Gasteiger partial charge in [-0.2, -0.15) is 15.0 Å². The van der Waals surface area contributed by atoms with Crippen molar-refractivity contribution >= 4 is 77.4 Å². The predicted molar refractivity (Wildman–Crippen MR) is 284 cm³/mol. The first-order valence-corrected chi connectivity index (χ1v) is 26.4. The smallest absolute Gasteiger partial charge is 0.407 e. The van der Waals surface area contributed by atoms with E-state index in [2.05, 4.69) is 41.8 Å². The molecular weight excluding hydrogens is 1040 g/mol. The first kappa shape index (κ1) is 63.8. The lowest BCUT2D eigenvalue weighted by molar-refractivity contribution is -0.141. The van der Waals surface area contributed by atoms with E-state index in [1.807, 2.05) is 12.1 Å². The van der Waals surface area contributed by atoms with E-state index in [0.29, 0.717) is 69.4 Å². The van der Waals surface area contributed by atoms with Gasteiger partial charge in [-0.3, -0.25) is 38.7 Å². The van der Waals surface area contributed by atoms with Crippen LogP contribution in [-0.2, 0) is 40.0 Å². The number of aliphatic carboxylic acids is 6. The van der Waals surface area contributed by atoms with Crippen LogP contribution < -0.4 is 36.8 Å².